The Labute approximate surface area is 270 Å². The number of hydrogen-bond donors (Lipinski definition) is 1. The van der Waals surface area contributed by atoms with Gasteiger partial charge in [-0.05, 0) is 54.8 Å². The Morgan fingerprint density at radius 3 is 2.07 bits per heavy atom. The van der Waals surface area contributed by atoms with Crippen LogP contribution in [0.3, 0.4) is 0 Å². The molecule has 0 bridgehead atoms. The highest BCUT2D eigenvalue weighted by atomic mass is 35.5. The van der Waals surface area contributed by atoms with Crippen LogP contribution in [0.1, 0.15) is 32.3 Å². The van der Waals surface area contributed by atoms with Crippen LogP contribution in [-0.2, 0) is 26.2 Å². The van der Waals surface area contributed by atoms with Crippen molar-refractivity contribution in [2.75, 3.05) is 45.8 Å². The summed E-state index contributed by atoms with van der Waals surface area (Å²) in [6, 6.07) is 14.8. The number of nitrogens with one attached hydrogen (secondary N) is 1. The zero-order valence-electron chi connectivity index (χ0n) is 26.3. The summed E-state index contributed by atoms with van der Waals surface area (Å²) in [5.74, 6) is 0.0904. The largest absolute Gasteiger partial charge is 0.497 e. The third kappa shape index (κ3) is 8.52. The van der Waals surface area contributed by atoms with E-state index in [9.17, 15) is 18.0 Å². The van der Waals surface area contributed by atoms with Crippen LogP contribution < -0.4 is 28.6 Å². The summed E-state index contributed by atoms with van der Waals surface area (Å²) in [4.78, 5) is 28.9. The van der Waals surface area contributed by atoms with Gasteiger partial charge in [0.25, 0.3) is 10.0 Å². The molecule has 0 saturated carbocycles. The molecular formula is C32H40ClN3O8S. The first-order valence-corrected chi connectivity index (χ1v) is 16.1. The van der Waals surface area contributed by atoms with Crippen molar-refractivity contribution < 1.29 is 37.0 Å². The number of carbonyl (C=O) groups is 2. The number of methoxy groups -OCH3 is 4. The van der Waals surface area contributed by atoms with Crippen LogP contribution in [0.5, 0.6) is 23.0 Å². The van der Waals surface area contributed by atoms with Gasteiger partial charge in [0, 0.05) is 30.2 Å². The van der Waals surface area contributed by atoms with Crippen molar-refractivity contribution in [3.05, 3.63) is 71.2 Å². The summed E-state index contributed by atoms with van der Waals surface area (Å²) < 4.78 is 51.3. The molecule has 0 aliphatic heterocycles. The number of anilines is 1. The average molecular weight is 662 g/mol. The van der Waals surface area contributed by atoms with Crippen LogP contribution in [0, 0.1) is 0 Å². The number of benzene rings is 3. The molecular weight excluding hydrogens is 622 g/mol. The summed E-state index contributed by atoms with van der Waals surface area (Å²) in [6.45, 7) is 3.52. The number of hydrogen-bond acceptors (Lipinski definition) is 8. The molecule has 0 radical (unpaired) electrons. The number of sulfonamides is 1. The second-order valence-electron chi connectivity index (χ2n) is 9.93. The highest BCUT2D eigenvalue weighted by Crippen LogP contribution is 2.38. The van der Waals surface area contributed by atoms with E-state index >= 15 is 0 Å². The van der Waals surface area contributed by atoms with Gasteiger partial charge >= 0.3 is 0 Å². The van der Waals surface area contributed by atoms with E-state index in [-0.39, 0.29) is 34.5 Å². The quantitative estimate of drug-likeness (QED) is 0.230. The molecule has 0 aliphatic carbocycles. The number of rotatable bonds is 16. The molecule has 0 unspecified atom stereocenters. The first-order valence-electron chi connectivity index (χ1n) is 14.3. The SMILES string of the molecule is CCCNC(=O)[C@@H](CC)N(Cc1ccc(Cl)cc1)C(=O)CN(c1cc(OC)ccc1OC)S(=O)(=O)c1ccc(OC)c(OC)c1. The third-order valence-electron chi connectivity index (χ3n) is 7.08. The van der Waals surface area contributed by atoms with E-state index in [0.29, 0.717) is 41.5 Å². The number of ether oxygens (including phenoxy) is 4. The Morgan fingerprint density at radius 2 is 1.49 bits per heavy atom. The van der Waals surface area contributed by atoms with Crippen LogP contribution >= 0.6 is 11.6 Å². The van der Waals surface area contributed by atoms with Gasteiger partial charge in [-0.1, -0.05) is 37.6 Å². The van der Waals surface area contributed by atoms with Crippen molar-refractivity contribution in [2.45, 2.75) is 44.2 Å². The van der Waals surface area contributed by atoms with Crippen molar-refractivity contribution in [3.8, 4) is 23.0 Å². The Hall–Kier alpha value is -4.16. The van der Waals surface area contributed by atoms with Crippen molar-refractivity contribution in [3.63, 3.8) is 0 Å². The molecule has 1 N–H and O–H groups in total. The molecule has 45 heavy (non-hydrogen) atoms. The first kappa shape index (κ1) is 35.3. The highest BCUT2D eigenvalue weighted by Gasteiger charge is 2.35. The molecule has 0 spiro atoms. The van der Waals surface area contributed by atoms with Crippen LogP contribution in [0.2, 0.25) is 5.02 Å². The van der Waals surface area contributed by atoms with Crippen molar-refractivity contribution in [2.24, 2.45) is 0 Å². The van der Waals surface area contributed by atoms with Gasteiger partial charge in [-0.2, -0.15) is 0 Å². The smallest absolute Gasteiger partial charge is 0.265 e. The lowest BCUT2D eigenvalue weighted by Gasteiger charge is -2.33. The molecule has 244 valence electrons. The molecule has 0 aromatic heterocycles. The third-order valence-corrected chi connectivity index (χ3v) is 9.09. The van der Waals surface area contributed by atoms with E-state index in [1.807, 2.05) is 6.92 Å². The lowest BCUT2D eigenvalue weighted by molar-refractivity contribution is -0.140. The zero-order chi connectivity index (χ0) is 33.1. The summed E-state index contributed by atoms with van der Waals surface area (Å²) in [5.41, 5.74) is 0.776. The average Bonchev–Trinajstić information content (AvgIpc) is 3.05. The van der Waals surface area contributed by atoms with Gasteiger partial charge in [0.1, 0.15) is 24.1 Å². The standard InChI is InChI=1S/C32H40ClN3O8S/c1-7-17-34-32(38)26(8-2)35(20-22-9-11-23(33)12-10-22)31(37)21-36(27-18-24(41-3)13-15-28(27)42-4)45(39,40)25-14-16-29(43-5)30(19-25)44-6/h9-16,18-19,26H,7-8,17,20-21H2,1-6H3,(H,34,38)/t26-/m1/s1. The van der Waals surface area contributed by atoms with Gasteiger partial charge in [0.15, 0.2) is 11.5 Å². The van der Waals surface area contributed by atoms with Crippen LogP contribution in [0.15, 0.2) is 65.6 Å². The summed E-state index contributed by atoms with van der Waals surface area (Å²) in [5, 5.41) is 3.38. The topological polar surface area (TPSA) is 124 Å². The molecule has 0 heterocycles. The summed E-state index contributed by atoms with van der Waals surface area (Å²) in [6.07, 6.45) is 1.00. The van der Waals surface area contributed by atoms with E-state index < -0.39 is 28.5 Å². The van der Waals surface area contributed by atoms with Crippen molar-refractivity contribution >= 4 is 39.1 Å². The van der Waals surface area contributed by atoms with Gasteiger partial charge in [-0.15, -0.1) is 0 Å². The molecule has 11 nitrogen and oxygen atoms in total. The Balaban J connectivity index is 2.18. The van der Waals surface area contributed by atoms with Gasteiger partial charge < -0.3 is 29.2 Å². The van der Waals surface area contributed by atoms with Crippen molar-refractivity contribution in [1.29, 1.82) is 0 Å². The lowest BCUT2D eigenvalue weighted by atomic mass is 10.1. The van der Waals surface area contributed by atoms with Crippen LogP contribution in [-0.4, -0.2) is 72.7 Å². The van der Waals surface area contributed by atoms with Gasteiger partial charge in [-0.25, -0.2) is 8.42 Å². The predicted octanol–water partition coefficient (Wildman–Crippen LogP) is 4.90. The van der Waals surface area contributed by atoms with E-state index in [2.05, 4.69) is 5.32 Å². The molecule has 1 atom stereocenters. The lowest BCUT2D eigenvalue weighted by Crippen LogP contribution is -2.52. The van der Waals surface area contributed by atoms with Gasteiger partial charge in [0.2, 0.25) is 11.8 Å². The zero-order valence-corrected chi connectivity index (χ0v) is 27.9. The molecule has 13 heteroatoms. The second kappa shape index (κ2) is 16.2. The minimum atomic E-state index is -4.45. The Kier molecular flexibility index (Phi) is 12.7. The van der Waals surface area contributed by atoms with Crippen LogP contribution in [0.25, 0.3) is 0 Å². The van der Waals surface area contributed by atoms with E-state index in [0.717, 1.165) is 4.31 Å². The second-order valence-corrected chi connectivity index (χ2v) is 12.2. The molecule has 0 saturated heterocycles. The van der Waals surface area contributed by atoms with Gasteiger partial charge in [0.05, 0.1) is 39.0 Å². The molecule has 0 aliphatic rings. The van der Waals surface area contributed by atoms with Crippen LogP contribution in [0.4, 0.5) is 5.69 Å². The minimum Gasteiger partial charge on any atom is -0.497 e. The summed E-state index contributed by atoms with van der Waals surface area (Å²) in [7, 11) is 1.22. The molecule has 0 fully saturated rings. The van der Waals surface area contributed by atoms with Gasteiger partial charge in [-0.3, -0.25) is 13.9 Å². The fraction of sp³-hybridized carbons (Fsp3) is 0.375. The number of halogens is 1. The monoisotopic (exact) mass is 661 g/mol. The highest BCUT2D eigenvalue weighted by molar-refractivity contribution is 7.92. The van der Waals surface area contributed by atoms with E-state index in [1.165, 1.54) is 57.6 Å². The normalized spacial score (nSPS) is 11.7. The first-order chi connectivity index (χ1) is 21.5. The maximum absolute atomic E-state index is 14.4. The van der Waals surface area contributed by atoms with Crippen molar-refractivity contribution in [1.82, 2.24) is 10.2 Å². The molecule has 3 aromatic rings. The molecule has 3 aromatic carbocycles. The maximum Gasteiger partial charge on any atom is 0.265 e. The maximum atomic E-state index is 14.4. The number of carbonyl (C=O) groups excluding carboxylic acids is 2. The minimum absolute atomic E-state index is 0.0353. The number of nitrogens with zero attached hydrogens (tertiary/aromatic N) is 2. The Bertz CT molecular complexity index is 1570. The fourth-order valence-corrected chi connectivity index (χ4v) is 6.24. The Morgan fingerprint density at radius 1 is 0.844 bits per heavy atom. The predicted molar refractivity (Wildman–Crippen MR) is 173 cm³/mol. The molecule has 3 rings (SSSR count). The summed E-state index contributed by atoms with van der Waals surface area (Å²) >= 11 is 6.09. The van der Waals surface area contributed by atoms with E-state index in [4.69, 9.17) is 30.5 Å². The molecule has 2 amide bonds. The number of amides is 2. The van der Waals surface area contributed by atoms with E-state index in [1.54, 1.807) is 43.3 Å². The fourth-order valence-electron chi connectivity index (χ4n) is 4.68.